The van der Waals surface area contributed by atoms with E-state index < -0.39 is 0 Å². The first-order chi connectivity index (χ1) is 9.61. The van der Waals surface area contributed by atoms with E-state index in [9.17, 15) is 4.79 Å². The molecule has 0 bridgehead atoms. The topological polar surface area (TPSA) is 44.4 Å². The fourth-order valence-corrected chi connectivity index (χ4v) is 2.62. The summed E-state index contributed by atoms with van der Waals surface area (Å²) in [7, 11) is 0. The standard InChI is InChI=1S/C16H33N3O/c1-4-5-11-19-12-8-15(9-13-19)18-16(20)7-6-10-17-14(2)3/h14-15,17H,4-13H2,1-3H3,(H,18,20). The molecule has 2 N–H and O–H groups in total. The number of unbranched alkanes of at least 4 members (excludes halogenated alkanes) is 1. The minimum Gasteiger partial charge on any atom is -0.353 e. The van der Waals surface area contributed by atoms with Gasteiger partial charge in [0.15, 0.2) is 0 Å². The van der Waals surface area contributed by atoms with Gasteiger partial charge in [-0.05, 0) is 38.8 Å². The van der Waals surface area contributed by atoms with Crippen LogP contribution >= 0.6 is 0 Å². The van der Waals surface area contributed by atoms with Crippen molar-refractivity contribution in [2.24, 2.45) is 0 Å². The van der Waals surface area contributed by atoms with Crippen LogP contribution in [0.1, 0.15) is 59.3 Å². The van der Waals surface area contributed by atoms with Crippen molar-refractivity contribution in [3.8, 4) is 0 Å². The highest BCUT2D eigenvalue weighted by atomic mass is 16.1. The smallest absolute Gasteiger partial charge is 0.220 e. The molecule has 0 atom stereocenters. The van der Waals surface area contributed by atoms with Crippen molar-refractivity contribution in [1.82, 2.24) is 15.5 Å². The molecular weight excluding hydrogens is 250 g/mol. The Hall–Kier alpha value is -0.610. The Labute approximate surface area is 124 Å². The maximum absolute atomic E-state index is 11.9. The summed E-state index contributed by atoms with van der Waals surface area (Å²) < 4.78 is 0. The van der Waals surface area contributed by atoms with Crippen LogP contribution in [0.25, 0.3) is 0 Å². The summed E-state index contributed by atoms with van der Waals surface area (Å²) in [5.74, 6) is 0.225. The lowest BCUT2D eigenvalue weighted by molar-refractivity contribution is -0.122. The first-order valence-corrected chi connectivity index (χ1v) is 8.37. The van der Waals surface area contributed by atoms with Gasteiger partial charge in [-0.2, -0.15) is 0 Å². The fraction of sp³-hybridized carbons (Fsp3) is 0.938. The van der Waals surface area contributed by atoms with Gasteiger partial charge in [-0.25, -0.2) is 0 Å². The van der Waals surface area contributed by atoms with E-state index in [1.807, 2.05) is 0 Å². The maximum atomic E-state index is 11.9. The summed E-state index contributed by atoms with van der Waals surface area (Å²) in [4.78, 5) is 14.4. The van der Waals surface area contributed by atoms with Crippen LogP contribution in [-0.2, 0) is 4.79 Å². The molecule has 4 heteroatoms. The fourth-order valence-electron chi connectivity index (χ4n) is 2.62. The van der Waals surface area contributed by atoms with Gasteiger partial charge in [-0.3, -0.25) is 4.79 Å². The third-order valence-corrected chi connectivity index (χ3v) is 3.91. The van der Waals surface area contributed by atoms with E-state index in [0.29, 0.717) is 18.5 Å². The number of carbonyl (C=O) groups excluding carboxylic acids is 1. The van der Waals surface area contributed by atoms with E-state index in [1.54, 1.807) is 0 Å². The first kappa shape index (κ1) is 17.4. The molecule has 0 aromatic carbocycles. The molecule has 1 amide bonds. The summed E-state index contributed by atoms with van der Waals surface area (Å²) in [5, 5.41) is 6.53. The molecule has 0 aromatic heterocycles. The van der Waals surface area contributed by atoms with Crippen molar-refractivity contribution in [1.29, 1.82) is 0 Å². The summed E-state index contributed by atoms with van der Waals surface area (Å²) in [6, 6.07) is 0.906. The monoisotopic (exact) mass is 283 g/mol. The molecule has 118 valence electrons. The van der Waals surface area contributed by atoms with Gasteiger partial charge in [-0.1, -0.05) is 27.2 Å². The van der Waals surface area contributed by atoms with Crippen molar-refractivity contribution in [2.75, 3.05) is 26.2 Å². The van der Waals surface area contributed by atoms with Gasteiger partial charge < -0.3 is 15.5 Å². The van der Waals surface area contributed by atoms with E-state index in [-0.39, 0.29) is 5.91 Å². The first-order valence-electron chi connectivity index (χ1n) is 8.37. The number of amides is 1. The van der Waals surface area contributed by atoms with Gasteiger partial charge in [-0.15, -0.1) is 0 Å². The van der Waals surface area contributed by atoms with Gasteiger partial charge in [0, 0.05) is 31.6 Å². The average Bonchev–Trinajstić information content (AvgIpc) is 2.43. The van der Waals surface area contributed by atoms with Crippen molar-refractivity contribution in [3.63, 3.8) is 0 Å². The van der Waals surface area contributed by atoms with Crippen LogP contribution in [0.3, 0.4) is 0 Å². The van der Waals surface area contributed by atoms with Crippen LogP contribution < -0.4 is 10.6 Å². The number of piperidine rings is 1. The summed E-state index contributed by atoms with van der Waals surface area (Å²) in [6.07, 6.45) is 6.36. The van der Waals surface area contributed by atoms with Crippen LogP contribution in [0.15, 0.2) is 0 Å². The lowest BCUT2D eigenvalue weighted by atomic mass is 10.0. The second kappa shape index (κ2) is 10.2. The number of nitrogens with zero attached hydrogens (tertiary/aromatic N) is 1. The Kier molecular flexibility index (Phi) is 8.86. The zero-order valence-corrected chi connectivity index (χ0v) is 13.6. The quantitative estimate of drug-likeness (QED) is 0.637. The van der Waals surface area contributed by atoms with Crippen molar-refractivity contribution < 1.29 is 4.79 Å². The van der Waals surface area contributed by atoms with Crippen molar-refractivity contribution in [2.45, 2.75) is 71.4 Å². The summed E-state index contributed by atoms with van der Waals surface area (Å²) in [6.45, 7) is 10.9. The summed E-state index contributed by atoms with van der Waals surface area (Å²) >= 11 is 0. The minimum absolute atomic E-state index is 0.225. The predicted molar refractivity (Wildman–Crippen MR) is 84.9 cm³/mol. The predicted octanol–water partition coefficient (Wildman–Crippen LogP) is 2.15. The lowest BCUT2D eigenvalue weighted by Crippen LogP contribution is -2.44. The highest BCUT2D eigenvalue weighted by molar-refractivity contribution is 5.76. The molecule has 0 aromatic rings. The Morgan fingerprint density at radius 2 is 1.95 bits per heavy atom. The zero-order valence-electron chi connectivity index (χ0n) is 13.6. The molecule has 0 unspecified atom stereocenters. The minimum atomic E-state index is 0.225. The third-order valence-electron chi connectivity index (χ3n) is 3.91. The van der Waals surface area contributed by atoms with Crippen LogP contribution in [0.4, 0.5) is 0 Å². The van der Waals surface area contributed by atoms with E-state index in [0.717, 1.165) is 38.9 Å². The molecular formula is C16H33N3O. The maximum Gasteiger partial charge on any atom is 0.220 e. The largest absolute Gasteiger partial charge is 0.353 e. The Morgan fingerprint density at radius 3 is 2.55 bits per heavy atom. The van der Waals surface area contributed by atoms with Gasteiger partial charge in [0.1, 0.15) is 0 Å². The molecule has 1 aliphatic heterocycles. The number of hydrogen-bond donors (Lipinski definition) is 2. The Balaban J connectivity index is 2.06. The highest BCUT2D eigenvalue weighted by Gasteiger charge is 2.19. The van der Waals surface area contributed by atoms with Crippen molar-refractivity contribution in [3.05, 3.63) is 0 Å². The Bertz CT molecular complexity index is 260. The molecule has 20 heavy (non-hydrogen) atoms. The number of likely N-dealkylation sites (tertiary alicyclic amines) is 1. The average molecular weight is 283 g/mol. The normalized spacial score (nSPS) is 17.6. The molecule has 0 radical (unpaired) electrons. The second-order valence-electron chi connectivity index (χ2n) is 6.25. The van der Waals surface area contributed by atoms with Gasteiger partial charge in [0.2, 0.25) is 5.91 Å². The van der Waals surface area contributed by atoms with E-state index in [4.69, 9.17) is 0 Å². The molecule has 1 fully saturated rings. The zero-order chi connectivity index (χ0) is 14.8. The Morgan fingerprint density at radius 1 is 1.25 bits per heavy atom. The number of hydrogen-bond acceptors (Lipinski definition) is 3. The van der Waals surface area contributed by atoms with E-state index in [1.165, 1.54) is 19.4 Å². The lowest BCUT2D eigenvalue weighted by Gasteiger charge is -2.32. The molecule has 1 rings (SSSR count). The molecule has 0 spiro atoms. The molecule has 1 saturated heterocycles. The molecule has 0 aliphatic carbocycles. The van der Waals surface area contributed by atoms with Crippen molar-refractivity contribution >= 4 is 5.91 Å². The highest BCUT2D eigenvalue weighted by Crippen LogP contribution is 2.11. The van der Waals surface area contributed by atoms with Crippen LogP contribution in [-0.4, -0.2) is 49.1 Å². The summed E-state index contributed by atoms with van der Waals surface area (Å²) in [5.41, 5.74) is 0. The second-order valence-corrected chi connectivity index (χ2v) is 6.25. The molecule has 1 aliphatic rings. The van der Waals surface area contributed by atoms with E-state index in [2.05, 4.69) is 36.3 Å². The molecule has 1 heterocycles. The van der Waals surface area contributed by atoms with Crippen LogP contribution in [0.2, 0.25) is 0 Å². The van der Waals surface area contributed by atoms with Gasteiger partial charge in [0.25, 0.3) is 0 Å². The van der Waals surface area contributed by atoms with Gasteiger partial charge >= 0.3 is 0 Å². The SMILES string of the molecule is CCCCN1CCC(NC(=O)CCCNC(C)C)CC1. The van der Waals surface area contributed by atoms with Crippen LogP contribution in [0, 0.1) is 0 Å². The third kappa shape index (κ3) is 7.85. The molecule has 4 nitrogen and oxygen atoms in total. The number of carbonyl (C=O) groups is 1. The van der Waals surface area contributed by atoms with Crippen LogP contribution in [0.5, 0.6) is 0 Å². The van der Waals surface area contributed by atoms with Gasteiger partial charge in [0.05, 0.1) is 0 Å². The van der Waals surface area contributed by atoms with E-state index >= 15 is 0 Å². The number of nitrogens with one attached hydrogen (secondary N) is 2. The molecule has 0 saturated carbocycles. The number of rotatable bonds is 9.